The molecular weight excluding hydrogens is 384 g/mol. The molecule has 7 heteroatoms. The van der Waals surface area contributed by atoms with Crippen LogP contribution in [-0.4, -0.2) is 34.1 Å². The fourth-order valence-electron chi connectivity index (χ4n) is 3.19. The summed E-state index contributed by atoms with van der Waals surface area (Å²) in [6, 6.07) is 11.7. The molecule has 0 unspecified atom stereocenters. The molecule has 2 N–H and O–H groups in total. The number of carbonyl (C=O) groups is 2. The summed E-state index contributed by atoms with van der Waals surface area (Å²) in [7, 11) is 0. The number of aromatic nitrogens is 2. The molecule has 0 aliphatic carbocycles. The molecule has 2 amide bonds. The summed E-state index contributed by atoms with van der Waals surface area (Å²) in [6.07, 6.45) is 0. The molecule has 0 aliphatic heterocycles. The van der Waals surface area contributed by atoms with Gasteiger partial charge in [0.05, 0.1) is 17.8 Å². The zero-order valence-corrected chi connectivity index (χ0v) is 17.8. The molecule has 6 nitrogen and oxygen atoms in total. The molecule has 1 aromatic heterocycles. The third-order valence-corrected chi connectivity index (χ3v) is 5.40. The highest BCUT2D eigenvalue weighted by Crippen LogP contribution is 2.25. The van der Waals surface area contributed by atoms with Gasteiger partial charge in [-0.25, -0.2) is 9.97 Å². The fourth-order valence-corrected chi connectivity index (χ4v) is 4.09. The van der Waals surface area contributed by atoms with E-state index in [1.165, 1.54) is 11.8 Å². The van der Waals surface area contributed by atoms with Crippen molar-refractivity contribution in [2.45, 2.75) is 32.7 Å². The Balaban J connectivity index is 1.55. The first-order valence-corrected chi connectivity index (χ1v) is 10.3. The van der Waals surface area contributed by atoms with E-state index in [4.69, 9.17) is 0 Å². The van der Waals surface area contributed by atoms with Crippen LogP contribution < -0.4 is 10.6 Å². The number of benzene rings is 2. The van der Waals surface area contributed by atoms with Crippen LogP contribution in [-0.2, 0) is 9.59 Å². The van der Waals surface area contributed by atoms with Crippen molar-refractivity contribution in [3.05, 3.63) is 58.9 Å². The molecule has 0 fully saturated rings. The van der Waals surface area contributed by atoms with Crippen molar-refractivity contribution in [3.63, 3.8) is 0 Å². The van der Waals surface area contributed by atoms with Gasteiger partial charge in [0.1, 0.15) is 10.9 Å². The molecule has 0 saturated heterocycles. The first-order chi connectivity index (χ1) is 13.8. The minimum Gasteiger partial charge on any atom is -0.346 e. The molecule has 2 aromatic carbocycles. The number of rotatable bonds is 6. The number of nitrogens with zero attached hydrogens (tertiary/aromatic N) is 2. The lowest BCUT2D eigenvalue weighted by Gasteiger charge is -2.13. The Morgan fingerprint density at radius 1 is 0.966 bits per heavy atom. The molecule has 1 heterocycles. The van der Waals surface area contributed by atoms with Gasteiger partial charge < -0.3 is 10.6 Å². The highest BCUT2D eigenvalue weighted by Gasteiger charge is 2.12. The largest absolute Gasteiger partial charge is 0.346 e. The summed E-state index contributed by atoms with van der Waals surface area (Å²) < 4.78 is 0. The number of hydrogen-bond acceptors (Lipinski definition) is 5. The third kappa shape index (κ3) is 5.32. The molecule has 150 valence electrons. The van der Waals surface area contributed by atoms with Crippen LogP contribution in [0.2, 0.25) is 0 Å². The molecule has 0 saturated carbocycles. The molecule has 0 radical (unpaired) electrons. The Hall–Kier alpha value is -2.93. The van der Waals surface area contributed by atoms with Gasteiger partial charge in [-0.15, -0.1) is 0 Å². The van der Waals surface area contributed by atoms with Crippen molar-refractivity contribution in [3.8, 4) is 0 Å². The number of anilines is 1. The molecule has 0 aliphatic rings. The predicted molar refractivity (Wildman–Crippen MR) is 117 cm³/mol. The van der Waals surface area contributed by atoms with E-state index in [0.29, 0.717) is 5.82 Å². The van der Waals surface area contributed by atoms with Crippen LogP contribution in [0.5, 0.6) is 0 Å². The Kier molecular flexibility index (Phi) is 6.49. The van der Waals surface area contributed by atoms with Crippen LogP contribution in [0.3, 0.4) is 0 Å². The van der Waals surface area contributed by atoms with E-state index in [2.05, 4.69) is 20.6 Å². The van der Waals surface area contributed by atoms with Crippen LogP contribution in [0.15, 0.2) is 41.4 Å². The summed E-state index contributed by atoms with van der Waals surface area (Å²) in [4.78, 5) is 33.3. The summed E-state index contributed by atoms with van der Waals surface area (Å²) in [6.45, 7) is 7.69. The van der Waals surface area contributed by atoms with E-state index in [0.717, 1.165) is 38.3 Å². The SMILES string of the molecule is Cc1cc(C)c(NC(=O)CNC(=O)CSc2nc(C)nc3ccccc23)c(C)c1. The van der Waals surface area contributed by atoms with Crippen molar-refractivity contribution < 1.29 is 9.59 Å². The second-order valence-electron chi connectivity index (χ2n) is 6.98. The van der Waals surface area contributed by atoms with Crippen molar-refractivity contribution in [1.29, 1.82) is 0 Å². The van der Waals surface area contributed by atoms with Gasteiger partial charge in [0.15, 0.2) is 0 Å². The monoisotopic (exact) mass is 408 g/mol. The Morgan fingerprint density at radius 3 is 2.38 bits per heavy atom. The van der Waals surface area contributed by atoms with E-state index < -0.39 is 0 Å². The molecule has 0 atom stereocenters. The van der Waals surface area contributed by atoms with Crippen molar-refractivity contribution in [2.75, 3.05) is 17.6 Å². The van der Waals surface area contributed by atoms with E-state index >= 15 is 0 Å². The zero-order chi connectivity index (χ0) is 21.0. The van der Waals surface area contributed by atoms with Gasteiger partial charge in [-0.1, -0.05) is 47.7 Å². The lowest BCUT2D eigenvalue weighted by molar-refractivity contribution is -0.122. The van der Waals surface area contributed by atoms with E-state index in [9.17, 15) is 9.59 Å². The lowest BCUT2D eigenvalue weighted by atomic mass is 10.1. The number of thioether (sulfide) groups is 1. The van der Waals surface area contributed by atoms with Gasteiger partial charge in [0.25, 0.3) is 0 Å². The maximum Gasteiger partial charge on any atom is 0.243 e. The topological polar surface area (TPSA) is 84.0 Å². The summed E-state index contributed by atoms with van der Waals surface area (Å²) in [5.41, 5.74) is 4.81. The van der Waals surface area contributed by atoms with E-state index in [1.807, 2.05) is 64.1 Å². The highest BCUT2D eigenvalue weighted by molar-refractivity contribution is 8.00. The molecule has 3 aromatic rings. The van der Waals surface area contributed by atoms with Gasteiger partial charge in [-0.2, -0.15) is 0 Å². The molecular formula is C22H24N4O2S. The van der Waals surface area contributed by atoms with Crippen LogP contribution in [0.4, 0.5) is 5.69 Å². The number of hydrogen-bond donors (Lipinski definition) is 2. The average molecular weight is 409 g/mol. The van der Waals surface area contributed by atoms with Crippen LogP contribution in [0.25, 0.3) is 10.9 Å². The Bertz CT molecular complexity index is 1060. The average Bonchev–Trinajstić information content (AvgIpc) is 2.67. The first-order valence-electron chi connectivity index (χ1n) is 9.34. The van der Waals surface area contributed by atoms with Crippen molar-refractivity contribution >= 4 is 40.2 Å². The highest BCUT2D eigenvalue weighted by atomic mass is 32.2. The minimum atomic E-state index is -0.248. The number of fused-ring (bicyclic) bond motifs is 1. The molecule has 0 spiro atoms. The number of aryl methyl sites for hydroxylation is 4. The second-order valence-corrected chi connectivity index (χ2v) is 7.94. The van der Waals surface area contributed by atoms with Gasteiger partial charge in [0, 0.05) is 11.1 Å². The van der Waals surface area contributed by atoms with Gasteiger partial charge in [-0.05, 0) is 44.9 Å². The van der Waals surface area contributed by atoms with Crippen molar-refractivity contribution in [2.24, 2.45) is 0 Å². The number of nitrogens with one attached hydrogen (secondary N) is 2. The Morgan fingerprint density at radius 2 is 1.66 bits per heavy atom. The summed E-state index contributed by atoms with van der Waals surface area (Å²) in [5, 5.41) is 7.23. The van der Waals surface area contributed by atoms with Crippen LogP contribution in [0.1, 0.15) is 22.5 Å². The fraction of sp³-hybridized carbons (Fsp3) is 0.273. The number of amides is 2. The van der Waals surface area contributed by atoms with Crippen LogP contribution >= 0.6 is 11.8 Å². The predicted octanol–water partition coefficient (Wildman–Crippen LogP) is 3.71. The lowest BCUT2D eigenvalue weighted by Crippen LogP contribution is -2.34. The standard InChI is InChI=1S/C22H24N4O2S/c1-13-9-14(2)21(15(3)10-13)26-19(27)11-23-20(28)12-29-22-17-7-5-6-8-18(17)24-16(4)25-22/h5-10H,11-12H2,1-4H3,(H,23,28)(H,26,27). The van der Waals surface area contributed by atoms with Gasteiger partial charge in [0.2, 0.25) is 11.8 Å². The number of para-hydroxylation sites is 1. The third-order valence-electron chi connectivity index (χ3n) is 4.41. The molecule has 3 rings (SSSR count). The summed E-state index contributed by atoms with van der Waals surface area (Å²) in [5.74, 6) is 0.371. The summed E-state index contributed by atoms with van der Waals surface area (Å²) >= 11 is 1.34. The van der Waals surface area contributed by atoms with Gasteiger partial charge in [-0.3, -0.25) is 9.59 Å². The Labute approximate surface area is 174 Å². The zero-order valence-electron chi connectivity index (χ0n) is 17.0. The molecule has 0 bridgehead atoms. The van der Waals surface area contributed by atoms with Crippen molar-refractivity contribution in [1.82, 2.24) is 15.3 Å². The maximum atomic E-state index is 12.2. The smallest absolute Gasteiger partial charge is 0.243 e. The molecule has 29 heavy (non-hydrogen) atoms. The normalized spacial score (nSPS) is 10.8. The van der Waals surface area contributed by atoms with E-state index in [1.54, 1.807) is 0 Å². The second kappa shape index (κ2) is 9.05. The number of carbonyl (C=O) groups excluding carboxylic acids is 2. The first kappa shape index (κ1) is 20.8. The van der Waals surface area contributed by atoms with Gasteiger partial charge >= 0.3 is 0 Å². The minimum absolute atomic E-state index is 0.0737. The van der Waals surface area contributed by atoms with Crippen LogP contribution in [0, 0.1) is 27.7 Å². The quantitative estimate of drug-likeness (QED) is 0.480. The maximum absolute atomic E-state index is 12.2. The van der Waals surface area contributed by atoms with E-state index in [-0.39, 0.29) is 24.1 Å².